The Morgan fingerprint density at radius 2 is 2.22 bits per heavy atom. The summed E-state index contributed by atoms with van der Waals surface area (Å²) in [5, 5.41) is 7.84. The van der Waals surface area contributed by atoms with E-state index in [1.807, 2.05) is 0 Å². The van der Waals surface area contributed by atoms with E-state index in [1.165, 1.54) is 19.3 Å². The Balaban J connectivity index is 2.38. The standard InChI is InChI=1S/C14H21N3S/c1-3-18-12-9-5-8-11(13(12)14(15)16)17(2)10-6-4-7-10/h5,8-10H,3-4,6-7H2,1-2H3,(H3,15,16). The molecule has 1 aliphatic carbocycles. The second kappa shape index (κ2) is 5.65. The van der Waals surface area contributed by atoms with Crippen molar-refractivity contribution in [1.82, 2.24) is 0 Å². The number of thioether (sulfide) groups is 1. The van der Waals surface area contributed by atoms with Crippen LogP contribution in [0, 0.1) is 5.41 Å². The second-order valence-corrected chi connectivity index (χ2v) is 6.00. The molecule has 0 saturated heterocycles. The van der Waals surface area contributed by atoms with Gasteiger partial charge in [-0.25, -0.2) is 0 Å². The fourth-order valence-corrected chi connectivity index (χ4v) is 3.18. The van der Waals surface area contributed by atoms with Gasteiger partial charge in [-0.2, -0.15) is 0 Å². The molecule has 4 heteroatoms. The predicted molar refractivity (Wildman–Crippen MR) is 79.9 cm³/mol. The first-order chi connectivity index (χ1) is 8.65. The van der Waals surface area contributed by atoms with Gasteiger partial charge in [0.25, 0.3) is 0 Å². The number of anilines is 1. The number of amidine groups is 1. The van der Waals surface area contributed by atoms with Gasteiger partial charge in [0, 0.05) is 23.7 Å². The van der Waals surface area contributed by atoms with E-state index in [-0.39, 0.29) is 5.84 Å². The van der Waals surface area contributed by atoms with Gasteiger partial charge in [0.2, 0.25) is 0 Å². The van der Waals surface area contributed by atoms with Crippen molar-refractivity contribution < 1.29 is 0 Å². The number of nitrogens with zero attached hydrogens (tertiary/aromatic N) is 1. The van der Waals surface area contributed by atoms with Gasteiger partial charge in [0.1, 0.15) is 5.84 Å². The van der Waals surface area contributed by atoms with Gasteiger partial charge in [-0.15, -0.1) is 11.8 Å². The summed E-state index contributed by atoms with van der Waals surface area (Å²) in [6, 6.07) is 6.82. The lowest BCUT2D eigenvalue weighted by atomic mass is 9.91. The third kappa shape index (κ3) is 2.48. The van der Waals surface area contributed by atoms with E-state index in [2.05, 4.69) is 37.1 Å². The molecular formula is C14H21N3S. The minimum atomic E-state index is 0.174. The molecule has 1 aromatic carbocycles. The summed E-state index contributed by atoms with van der Waals surface area (Å²) in [4.78, 5) is 3.41. The number of benzene rings is 1. The largest absolute Gasteiger partial charge is 0.384 e. The molecule has 1 fully saturated rings. The maximum atomic E-state index is 7.84. The lowest BCUT2D eigenvalue weighted by molar-refractivity contribution is 0.401. The molecule has 0 heterocycles. The molecule has 0 amide bonds. The summed E-state index contributed by atoms with van der Waals surface area (Å²) in [5.41, 5.74) is 7.79. The summed E-state index contributed by atoms with van der Waals surface area (Å²) in [6.07, 6.45) is 3.81. The minimum Gasteiger partial charge on any atom is -0.384 e. The molecule has 1 aliphatic rings. The fraction of sp³-hybridized carbons (Fsp3) is 0.500. The molecule has 0 bridgehead atoms. The molecule has 1 saturated carbocycles. The van der Waals surface area contributed by atoms with Gasteiger partial charge >= 0.3 is 0 Å². The SMILES string of the molecule is CCSc1cccc(N(C)C2CCC2)c1C(=N)N. The van der Waals surface area contributed by atoms with E-state index >= 15 is 0 Å². The van der Waals surface area contributed by atoms with Crippen LogP contribution in [0.25, 0.3) is 0 Å². The Morgan fingerprint density at radius 1 is 1.50 bits per heavy atom. The van der Waals surface area contributed by atoms with Crippen LogP contribution in [0.4, 0.5) is 5.69 Å². The summed E-state index contributed by atoms with van der Waals surface area (Å²) in [6.45, 7) is 2.12. The molecule has 1 aromatic rings. The van der Waals surface area contributed by atoms with Gasteiger partial charge in [-0.05, 0) is 37.1 Å². The topological polar surface area (TPSA) is 53.1 Å². The molecule has 2 rings (SSSR count). The van der Waals surface area contributed by atoms with Crippen LogP contribution in [0.1, 0.15) is 31.7 Å². The molecule has 0 unspecified atom stereocenters. The highest BCUT2D eigenvalue weighted by atomic mass is 32.2. The van der Waals surface area contributed by atoms with Crippen LogP contribution < -0.4 is 10.6 Å². The molecule has 3 nitrogen and oxygen atoms in total. The highest BCUT2D eigenvalue weighted by Gasteiger charge is 2.25. The molecule has 0 atom stereocenters. The maximum absolute atomic E-state index is 7.84. The number of nitrogens with one attached hydrogen (secondary N) is 1. The van der Waals surface area contributed by atoms with Crippen molar-refractivity contribution in [3.63, 3.8) is 0 Å². The Kier molecular flexibility index (Phi) is 4.17. The second-order valence-electron chi connectivity index (χ2n) is 4.69. The fourth-order valence-electron chi connectivity index (χ4n) is 2.33. The number of nitrogen functional groups attached to an aromatic ring is 1. The number of hydrogen-bond acceptors (Lipinski definition) is 3. The van der Waals surface area contributed by atoms with E-state index in [1.54, 1.807) is 11.8 Å². The van der Waals surface area contributed by atoms with Gasteiger partial charge in [-0.3, -0.25) is 5.41 Å². The average Bonchev–Trinajstić information content (AvgIpc) is 2.26. The summed E-state index contributed by atoms with van der Waals surface area (Å²) < 4.78 is 0. The first kappa shape index (κ1) is 13.3. The van der Waals surface area contributed by atoms with E-state index in [0.29, 0.717) is 6.04 Å². The van der Waals surface area contributed by atoms with Gasteiger partial charge < -0.3 is 10.6 Å². The zero-order valence-corrected chi connectivity index (χ0v) is 11.9. The van der Waals surface area contributed by atoms with Crippen molar-refractivity contribution in [1.29, 1.82) is 5.41 Å². The van der Waals surface area contributed by atoms with Crippen molar-refractivity contribution in [2.45, 2.75) is 37.1 Å². The Bertz CT molecular complexity index is 441. The average molecular weight is 263 g/mol. The molecule has 0 aromatic heterocycles. The molecule has 0 radical (unpaired) electrons. The smallest absolute Gasteiger partial charge is 0.126 e. The van der Waals surface area contributed by atoms with Gasteiger partial charge in [0.05, 0.1) is 5.56 Å². The summed E-state index contributed by atoms with van der Waals surface area (Å²) in [5.74, 6) is 1.17. The normalized spacial score (nSPS) is 15.2. The molecule has 98 valence electrons. The van der Waals surface area contributed by atoms with Crippen LogP contribution in [-0.2, 0) is 0 Å². The van der Waals surface area contributed by atoms with Crippen LogP contribution in [-0.4, -0.2) is 24.7 Å². The zero-order valence-electron chi connectivity index (χ0n) is 11.1. The molecular weight excluding hydrogens is 242 g/mol. The molecule has 0 spiro atoms. The third-order valence-corrected chi connectivity index (χ3v) is 4.52. The molecule has 3 N–H and O–H groups in total. The van der Waals surface area contributed by atoms with Crippen LogP contribution >= 0.6 is 11.8 Å². The van der Waals surface area contributed by atoms with Crippen LogP contribution in [0.2, 0.25) is 0 Å². The maximum Gasteiger partial charge on any atom is 0.126 e. The quantitative estimate of drug-likeness (QED) is 0.487. The lowest BCUT2D eigenvalue weighted by Gasteiger charge is -2.37. The number of rotatable bonds is 5. The van der Waals surface area contributed by atoms with Crippen molar-refractivity contribution in [2.75, 3.05) is 17.7 Å². The summed E-state index contributed by atoms with van der Waals surface area (Å²) in [7, 11) is 2.12. The Hall–Kier alpha value is -1.16. The monoisotopic (exact) mass is 263 g/mol. The first-order valence-electron chi connectivity index (χ1n) is 6.48. The van der Waals surface area contributed by atoms with Crippen molar-refractivity contribution in [3.05, 3.63) is 23.8 Å². The van der Waals surface area contributed by atoms with Gasteiger partial charge in [-0.1, -0.05) is 13.0 Å². The van der Waals surface area contributed by atoms with Crippen molar-refractivity contribution >= 4 is 23.3 Å². The molecule has 0 aliphatic heterocycles. The molecule has 18 heavy (non-hydrogen) atoms. The van der Waals surface area contributed by atoms with E-state index < -0.39 is 0 Å². The van der Waals surface area contributed by atoms with E-state index in [0.717, 1.165) is 21.9 Å². The zero-order chi connectivity index (χ0) is 13.1. The minimum absolute atomic E-state index is 0.174. The predicted octanol–water partition coefficient (Wildman–Crippen LogP) is 3.07. The van der Waals surface area contributed by atoms with E-state index in [9.17, 15) is 0 Å². The number of hydrogen-bond donors (Lipinski definition) is 2. The Morgan fingerprint density at radius 3 is 2.72 bits per heavy atom. The van der Waals surface area contributed by atoms with Crippen LogP contribution in [0.15, 0.2) is 23.1 Å². The third-order valence-electron chi connectivity index (χ3n) is 3.58. The lowest BCUT2D eigenvalue weighted by Crippen LogP contribution is -2.38. The summed E-state index contributed by atoms with van der Waals surface area (Å²) >= 11 is 1.75. The Labute approximate surface area is 113 Å². The number of nitrogens with two attached hydrogens (primary N) is 1. The first-order valence-corrected chi connectivity index (χ1v) is 7.46. The van der Waals surface area contributed by atoms with Gasteiger partial charge in [0.15, 0.2) is 0 Å². The van der Waals surface area contributed by atoms with E-state index in [4.69, 9.17) is 11.1 Å². The van der Waals surface area contributed by atoms with Crippen molar-refractivity contribution in [2.24, 2.45) is 5.73 Å². The highest BCUT2D eigenvalue weighted by Crippen LogP contribution is 2.34. The van der Waals surface area contributed by atoms with Crippen LogP contribution in [0.3, 0.4) is 0 Å². The van der Waals surface area contributed by atoms with Crippen molar-refractivity contribution in [3.8, 4) is 0 Å². The highest BCUT2D eigenvalue weighted by molar-refractivity contribution is 7.99. The van der Waals surface area contributed by atoms with Crippen LogP contribution in [0.5, 0.6) is 0 Å².